The van der Waals surface area contributed by atoms with E-state index in [2.05, 4.69) is 10.3 Å². The average molecular weight is 394 g/mol. The molecule has 1 fully saturated rings. The zero-order valence-electron chi connectivity index (χ0n) is 17.1. The SMILES string of the molecule is O=C(CCC1CCCC1)NCC1CCc2nc(-c3ccccc3)[nH]c(=O)c2CC1. The van der Waals surface area contributed by atoms with Crippen LogP contribution in [-0.2, 0) is 17.6 Å². The molecule has 29 heavy (non-hydrogen) atoms. The van der Waals surface area contributed by atoms with E-state index in [1.807, 2.05) is 30.3 Å². The molecule has 0 radical (unpaired) electrons. The number of H-pyrrole nitrogens is 1. The molecular weight excluding hydrogens is 362 g/mol. The number of hydrogen-bond acceptors (Lipinski definition) is 3. The van der Waals surface area contributed by atoms with E-state index in [4.69, 9.17) is 4.98 Å². The standard InChI is InChI=1S/C24H31N3O2/c28-22(15-12-17-6-4-5-7-17)25-16-18-10-13-20-21(14-11-18)26-23(27-24(20)29)19-8-2-1-3-9-19/h1-3,8-9,17-18H,4-7,10-16H2,(H,25,28)(H,26,27,29). The van der Waals surface area contributed by atoms with Gasteiger partial charge in [0, 0.05) is 24.1 Å². The number of carbonyl (C=O) groups excluding carboxylic acids is 1. The van der Waals surface area contributed by atoms with Crippen molar-refractivity contribution in [1.29, 1.82) is 0 Å². The summed E-state index contributed by atoms with van der Waals surface area (Å²) in [6.45, 7) is 0.709. The topological polar surface area (TPSA) is 74.8 Å². The maximum absolute atomic E-state index is 12.6. The molecule has 1 amide bonds. The highest BCUT2D eigenvalue weighted by molar-refractivity contribution is 5.75. The van der Waals surface area contributed by atoms with Crippen LogP contribution >= 0.6 is 0 Å². The van der Waals surface area contributed by atoms with Crippen molar-refractivity contribution in [3.8, 4) is 11.4 Å². The van der Waals surface area contributed by atoms with Gasteiger partial charge in [-0.3, -0.25) is 9.59 Å². The van der Waals surface area contributed by atoms with Crippen LogP contribution in [0, 0.1) is 11.8 Å². The molecule has 0 aliphatic heterocycles. The lowest BCUT2D eigenvalue weighted by atomic mass is 9.99. The summed E-state index contributed by atoms with van der Waals surface area (Å²) >= 11 is 0. The molecule has 2 aliphatic rings. The zero-order valence-corrected chi connectivity index (χ0v) is 17.1. The number of aromatic amines is 1. The van der Waals surface area contributed by atoms with Gasteiger partial charge < -0.3 is 10.3 Å². The minimum atomic E-state index is -0.0184. The van der Waals surface area contributed by atoms with E-state index < -0.39 is 0 Å². The number of carbonyl (C=O) groups is 1. The zero-order chi connectivity index (χ0) is 20.1. The molecule has 1 aromatic carbocycles. The molecule has 1 saturated carbocycles. The lowest BCUT2D eigenvalue weighted by Gasteiger charge is -2.15. The number of aromatic nitrogens is 2. The predicted molar refractivity (Wildman–Crippen MR) is 115 cm³/mol. The predicted octanol–water partition coefficient (Wildman–Crippen LogP) is 4.02. The molecule has 0 spiro atoms. The molecule has 154 valence electrons. The first-order valence-corrected chi connectivity index (χ1v) is 11.1. The number of amides is 1. The fraction of sp³-hybridized carbons (Fsp3) is 0.542. The summed E-state index contributed by atoms with van der Waals surface area (Å²) in [7, 11) is 0. The highest BCUT2D eigenvalue weighted by Crippen LogP contribution is 2.28. The first kappa shape index (κ1) is 19.9. The fourth-order valence-electron chi connectivity index (χ4n) is 4.76. The summed E-state index contributed by atoms with van der Waals surface area (Å²) in [6.07, 6.45) is 10.3. The minimum Gasteiger partial charge on any atom is -0.356 e. The van der Waals surface area contributed by atoms with E-state index in [0.717, 1.165) is 54.8 Å². The Kier molecular flexibility index (Phi) is 6.43. The number of nitrogens with one attached hydrogen (secondary N) is 2. The molecule has 2 aliphatic carbocycles. The quantitative estimate of drug-likeness (QED) is 0.728. The van der Waals surface area contributed by atoms with Crippen molar-refractivity contribution >= 4 is 5.91 Å². The van der Waals surface area contributed by atoms with Crippen LogP contribution in [0.15, 0.2) is 35.1 Å². The van der Waals surface area contributed by atoms with Crippen molar-refractivity contribution in [3.63, 3.8) is 0 Å². The van der Waals surface area contributed by atoms with Gasteiger partial charge in [0.15, 0.2) is 0 Å². The Hall–Kier alpha value is -2.43. The molecule has 5 heteroatoms. The second-order valence-electron chi connectivity index (χ2n) is 8.64. The highest BCUT2D eigenvalue weighted by atomic mass is 16.1. The number of nitrogens with zero attached hydrogens (tertiary/aromatic N) is 1. The van der Waals surface area contributed by atoms with Crippen LogP contribution in [0.25, 0.3) is 11.4 Å². The first-order valence-electron chi connectivity index (χ1n) is 11.1. The van der Waals surface area contributed by atoms with Crippen molar-refractivity contribution in [3.05, 3.63) is 51.9 Å². The van der Waals surface area contributed by atoms with Gasteiger partial charge in [0.2, 0.25) is 5.91 Å². The van der Waals surface area contributed by atoms with Gasteiger partial charge in [0.1, 0.15) is 5.82 Å². The van der Waals surface area contributed by atoms with Crippen molar-refractivity contribution in [2.45, 2.75) is 64.2 Å². The lowest BCUT2D eigenvalue weighted by molar-refractivity contribution is -0.121. The Labute approximate surface area is 172 Å². The van der Waals surface area contributed by atoms with E-state index in [-0.39, 0.29) is 11.5 Å². The van der Waals surface area contributed by atoms with Crippen LogP contribution in [0.3, 0.4) is 0 Å². The number of benzene rings is 1. The molecule has 5 nitrogen and oxygen atoms in total. The largest absolute Gasteiger partial charge is 0.356 e. The van der Waals surface area contributed by atoms with E-state index in [1.165, 1.54) is 25.7 Å². The van der Waals surface area contributed by atoms with Gasteiger partial charge in [-0.1, -0.05) is 56.0 Å². The summed E-state index contributed by atoms with van der Waals surface area (Å²) in [5.41, 5.74) is 2.65. The lowest BCUT2D eigenvalue weighted by Crippen LogP contribution is -2.29. The summed E-state index contributed by atoms with van der Waals surface area (Å²) in [6, 6.07) is 9.78. The van der Waals surface area contributed by atoms with E-state index >= 15 is 0 Å². The molecule has 2 N–H and O–H groups in total. The third-order valence-electron chi connectivity index (χ3n) is 6.58. The Morgan fingerprint density at radius 1 is 1.03 bits per heavy atom. The third-order valence-corrected chi connectivity index (χ3v) is 6.58. The Morgan fingerprint density at radius 2 is 1.79 bits per heavy atom. The minimum absolute atomic E-state index is 0.0184. The van der Waals surface area contributed by atoms with Gasteiger partial charge in [0.25, 0.3) is 5.56 Å². The number of rotatable bonds is 6. The molecule has 0 saturated heterocycles. The maximum Gasteiger partial charge on any atom is 0.254 e. The van der Waals surface area contributed by atoms with Gasteiger partial charge in [-0.05, 0) is 43.9 Å². The second kappa shape index (κ2) is 9.38. The molecular formula is C24H31N3O2. The number of hydrogen-bond donors (Lipinski definition) is 2. The molecule has 1 unspecified atom stereocenters. The summed E-state index contributed by atoms with van der Waals surface area (Å²) < 4.78 is 0. The number of aryl methyl sites for hydroxylation is 1. The van der Waals surface area contributed by atoms with E-state index in [1.54, 1.807) is 0 Å². The second-order valence-corrected chi connectivity index (χ2v) is 8.64. The first-order chi connectivity index (χ1) is 14.2. The summed E-state index contributed by atoms with van der Waals surface area (Å²) in [5, 5.41) is 3.14. The molecule has 2 aromatic rings. The number of fused-ring (bicyclic) bond motifs is 1. The van der Waals surface area contributed by atoms with Crippen LogP contribution in [-0.4, -0.2) is 22.4 Å². The van der Waals surface area contributed by atoms with Gasteiger partial charge in [-0.25, -0.2) is 4.98 Å². The average Bonchev–Trinajstić information content (AvgIpc) is 3.18. The summed E-state index contributed by atoms with van der Waals surface area (Å²) in [5.74, 6) is 1.98. The maximum atomic E-state index is 12.6. The van der Waals surface area contributed by atoms with Crippen molar-refractivity contribution in [1.82, 2.24) is 15.3 Å². The smallest absolute Gasteiger partial charge is 0.254 e. The van der Waals surface area contributed by atoms with Crippen LogP contribution in [0.5, 0.6) is 0 Å². The van der Waals surface area contributed by atoms with Gasteiger partial charge in [0.05, 0.1) is 5.69 Å². The Balaban J connectivity index is 1.32. The van der Waals surface area contributed by atoms with Crippen molar-refractivity contribution in [2.24, 2.45) is 11.8 Å². The van der Waals surface area contributed by atoms with Gasteiger partial charge in [-0.15, -0.1) is 0 Å². The molecule has 0 bridgehead atoms. The third kappa shape index (κ3) is 5.14. The normalized spacial score (nSPS) is 19.5. The van der Waals surface area contributed by atoms with Crippen molar-refractivity contribution < 1.29 is 4.79 Å². The summed E-state index contributed by atoms with van der Waals surface area (Å²) in [4.78, 5) is 32.6. The van der Waals surface area contributed by atoms with Crippen molar-refractivity contribution in [2.75, 3.05) is 6.54 Å². The monoisotopic (exact) mass is 393 g/mol. The van der Waals surface area contributed by atoms with Gasteiger partial charge >= 0.3 is 0 Å². The molecule has 1 heterocycles. The van der Waals surface area contributed by atoms with Crippen LogP contribution in [0.4, 0.5) is 0 Å². The molecule has 4 rings (SSSR count). The molecule has 1 aromatic heterocycles. The van der Waals surface area contributed by atoms with E-state index in [0.29, 0.717) is 24.7 Å². The Morgan fingerprint density at radius 3 is 2.59 bits per heavy atom. The highest BCUT2D eigenvalue weighted by Gasteiger charge is 2.21. The van der Waals surface area contributed by atoms with E-state index in [9.17, 15) is 9.59 Å². The Bertz CT molecular complexity index is 885. The van der Waals surface area contributed by atoms with Crippen LogP contribution in [0.1, 0.15) is 62.6 Å². The van der Waals surface area contributed by atoms with Crippen LogP contribution < -0.4 is 10.9 Å². The molecule has 1 atom stereocenters. The van der Waals surface area contributed by atoms with Crippen LogP contribution in [0.2, 0.25) is 0 Å². The van der Waals surface area contributed by atoms with Gasteiger partial charge in [-0.2, -0.15) is 0 Å². The fourth-order valence-corrected chi connectivity index (χ4v) is 4.76.